The molecule has 2 heterocycles. The molecule has 0 bridgehead atoms. The zero-order valence-corrected chi connectivity index (χ0v) is 56.6. The summed E-state index contributed by atoms with van der Waals surface area (Å²) in [6.07, 6.45) is 0. The predicted octanol–water partition coefficient (Wildman–Crippen LogP) is 20.2. The second-order valence-electron chi connectivity index (χ2n) is 25.9. The molecule has 0 aliphatic heterocycles. The fraction of sp³-hybridized carbons (Fsp3) is 0.0217. The second kappa shape index (κ2) is 25.7. The largest absolute Gasteiger partial charge is 0.488 e. The van der Waals surface area contributed by atoms with Gasteiger partial charge in [-0.25, -0.2) is 29.9 Å². The van der Waals surface area contributed by atoms with Crippen LogP contribution in [0.15, 0.2) is 356 Å². The maximum absolute atomic E-state index is 9.85. The summed E-state index contributed by atoms with van der Waals surface area (Å²) in [6, 6.07) is 122. The van der Waals surface area contributed by atoms with Gasteiger partial charge in [-0.3, -0.25) is 0 Å². The highest BCUT2D eigenvalue weighted by Crippen LogP contribution is 2.64. The summed E-state index contributed by atoms with van der Waals surface area (Å²) in [6.45, 7) is 0. The van der Waals surface area contributed by atoms with E-state index in [9.17, 15) is 10.0 Å². The quantitative estimate of drug-likeness (QED) is 0.145. The molecule has 0 unspecified atom stereocenters. The van der Waals surface area contributed by atoms with E-state index in [1.807, 2.05) is 164 Å². The minimum atomic E-state index is -1.49. The Morgan fingerprint density at radius 2 is 0.461 bits per heavy atom. The van der Waals surface area contributed by atoms with Gasteiger partial charge in [-0.1, -0.05) is 344 Å². The minimum absolute atomic E-state index is 0.379. The van der Waals surface area contributed by atoms with Crippen molar-refractivity contribution in [2.24, 2.45) is 0 Å². The van der Waals surface area contributed by atoms with Crippen molar-refractivity contribution in [1.29, 1.82) is 0 Å². The molecule has 10 heteroatoms. The Morgan fingerprint density at radius 1 is 0.206 bits per heavy atom. The molecule has 16 aromatic rings. The lowest BCUT2D eigenvalue weighted by Gasteiger charge is -2.30. The van der Waals surface area contributed by atoms with Gasteiger partial charge in [0.25, 0.3) is 0 Å². The maximum Gasteiger partial charge on any atom is 0.488 e. The molecule has 0 atom stereocenters. The average Bonchev–Trinajstić information content (AvgIpc) is 1.52. The number of aromatic nitrogens is 6. The number of hydrogen-bond donors (Lipinski definition) is 2. The van der Waals surface area contributed by atoms with Crippen molar-refractivity contribution < 1.29 is 10.0 Å². The van der Waals surface area contributed by atoms with Crippen molar-refractivity contribution in [1.82, 2.24) is 29.9 Å². The summed E-state index contributed by atoms with van der Waals surface area (Å²) in [5, 5.41) is 19.7. The molecular weight excluding hydrogens is 1310 g/mol. The standard InChI is InChI=1S/C46H29N3.C25H17BO2.C21H14BrN3/c1-3-14-30(15-4-1)43-47-44(31-16-5-2-6-17-31)49-45(48-43)34-19-13-18-32(28-34)33-26-27-38-37-22-9-12-25-41(37)46(42(38)29-33)39-23-10-7-20-35(39)36-21-8-11-24-40(36)46;27-26(28)16-13-14-20-19-9-3-6-12-23(19)25(24(20)15-16)21-10-4-1-7-17(21)18-8-2-5-11-22(18)25;22-18-13-7-12-17(14-18)21-24-19(15-8-3-1-4-9-15)23-20(25-21)16-10-5-2-6-11-16/h1-29H;1-15,27-28H;1-14H. The van der Waals surface area contributed by atoms with Crippen LogP contribution in [0.3, 0.4) is 0 Å². The van der Waals surface area contributed by atoms with E-state index in [4.69, 9.17) is 24.9 Å². The first-order chi connectivity index (χ1) is 50.3. The molecule has 2 N–H and O–H groups in total. The third-order valence-corrected chi connectivity index (χ3v) is 20.7. The summed E-state index contributed by atoms with van der Waals surface area (Å²) in [4.78, 5) is 29.0. The second-order valence-corrected chi connectivity index (χ2v) is 26.8. The van der Waals surface area contributed by atoms with E-state index in [2.05, 4.69) is 209 Å². The van der Waals surface area contributed by atoms with Crippen LogP contribution in [0.2, 0.25) is 0 Å². The Bertz CT molecular complexity index is 5670. The van der Waals surface area contributed by atoms with Crippen molar-refractivity contribution in [2.45, 2.75) is 10.8 Å². The summed E-state index contributed by atoms with van der Waals surface area (Å²) in [7, 11) is -1.49. The zero-order valence-electron chi connectivity index (χ0n) is 55.0. The van der Waals surface area contributed by atoms with Crippen molar-refractivity contribution >= 4 is 28.5 Å². The molecule has 0 saturated carbocycles. The van der Waals surface area contributed by atoms with Crippen LogP contribution in [-0.4, -0.2) is 47.1 Å². The molecule has 8 nitrogen and oxygen atoms in total. The topological polar surface area (TPSA) is 118 Å². The molecule has 2 spiro atoms. The fourth-order valence-electron chi connectivity index (χ4n) is 15.9. The molecule has 4 aliphatic carbocycles. The van der Waals surface area contributed by atoms with Gasteiger partial charge in [0.15, 0.2) is 34.9 Å². The average molecular weight is 1370 g/mol. The Hall–Kier alpha value is -12.4. The number of nitrogens with zero attached hydrogens (tertiary/aromatic N) is 6. The predicted molar refractivity (Wildman–Crippen MR) is 414 cm³/mol. The van der Waals surface area contributed by atoms with Crippen molar-refractivity contribution in [2.75, 3.05) is 0 Å². The van der Waals surface area contributed by atoms with E-state index in [1.165, 1.54) is 77.9 Å². The van der Waals surface area contributed by atoms with Gasteiger partial charge in [0.2, 0.25) is 0 Å². The van der Waals surface area contributed by atoms with E-state index in [-0.39, 0.29) is 5.41 Å². The normalized spacial score (nSPS) is 12.8. The molecule has 20 rings (SSSR count). The van der Waals surface area contributed by atoms with Gasteiger partial charge in [0.05, 0.1) is 10.8 Å². The SMILES string of the molecule is Brc1cccc(-c2nc(-c3ccccc3)nc(-c3ccccc3)n2)c1.OB(O)c1ccc2c(c1)C1(c3ccccc3-c3ccccc31)c1ccccc1-2.c1ccc(-c2nc(-c3ccccc3)nc(-c3cccc(-c4ccc5c(c4)C4(c6ccccc6-c6ccccc64)c4ccccc4-5)c3)n2)cc1. The molecule has 0 radical (unpaired) electrons. The first kappa shape index (κ1) is 61.9. The third kappa shape index (κ3) is 10.4. The molecule has 14 aromatic carbocycles. The van der Waals surface area contributed by atoms with E-state index in [0.717, 1.165) is 60.1 Å². The van der Waals surface area contributed by atoms with Crippen molar-refractivity contribution in [3.63, 3.8) is 0 Å². The maximum atomic E-state index is 9.85. The molecule has 2 aromatic heterocycles. The van der Waals surface area contributed by atoms with Crippen LogP contribution < -0.4 is 5.46 Å². The monoisotopic (exact) mass is 1370 g/mol. The van der Waals surface area contributed by atoms with Crippen LogP contribution in [0, 0.1) is 0 Å². The molecule has 480 valence electrons. The lowest BCUT2D eigenvalue weighted by molar-refractivity contribution is 0.425. The van der Waals surface area contributed by atoms with Gasteiger partial charge in [0.1, 0.15) is 0 Å². The minimum Gasteiger partial charge on any atom is -0.423 e. The Morgan fingerprint density at radius 3 is 0.804 bits per heavy atom. The number of halogens is 1. The molecule has 102 heavy (non-hydrogen) atoms. The van der Waals surface area contributed by atoms with Crippen LogP contribution >= 0.6 is 15.9 Å². The van der Waals surface area contributed by atoms with E-state index in [1.54, 1.807) is 0 Å². The highest BCUT2D eigenvalue weighted by atomic mass is 79.9. The number of fused-ring (bicyclic) bond motifs is 20. The third-order valence-electron chi connectivity index (χ3n) is 20.3. The molecule has 0 fully saturated rings. The highest BCUT2D eigenvalue weighted by Gasteiger charge is 2.53. The summed E-state index contributed by atoms with van der Waals surface area (Å²) < 4.78 is 0.993. The number of hydrogen-bond acceptors (Lipinski definition) is 8. The highest BCUT2D eigenvalue weighted by molar-refractivity contribution is 9.10. The van der Waals surface area contributed by atoms with Crippen LogP contribution in [0.5, 0.6) is 0 Å². The van der Waals surface area contributed by atoms with Crippen molar-refractivity contribution in [3.05, 3.63) is 401 Å². The molecule has 0 amide bonds. The fourth-order valence-corrected chi connectivity index (χ4v) is 16.3. The Labute approximate surface area is 600 Å². The van der Waals surface area contributed by atoms with Gasteiger partial charge < -0.3 is 10.0 Å². The Kier molecular flexibility index (Phi) is 15.6. The Balaban J connectivity index is 0.000000119. The van der Waals surface area contributed by atoms with E-state index < -0.39 is 12.5 Å². The van der Waals surface area contributed by atoms with Crippen LogP contribution in [0.4, 0.5) is 0 Å². The number of benzene rings is 14. The van der Waals surface area contributed by atoms with Gasteiger partial charge >= 0.3 is 7.12 Å². The van der Waals surface area contributed by atoms with Gasteiger partial charge in [-0.05, 0) is 130 Å². The molecular formula is C92H60BBrN6O2. The zero-order chi connectivity index (χ0) is 68.3. The van der Waals surface area contributed by atoms with Crippen LogP contribution in [0.1, 0.15) is 44.5 Å². The first-order valence-corrected chi connectivity index (χ1v) is 34.9. The summed E-state index contributed by atoms with van der Waals surface area (Å²) >= 11 is 3.52. The van der Waals surface area contributed by atoms with Gasteiger partial charge in [0, 0.05) is 37.9 Å². The summed E-state index contributed by atoms with van der Waals surface area (Å²) in [5.74, 6) is 3.97. The lowest BCUT2D eigenvalue weighted by Crippen LogP contribution is -2.32. The van der Waals surface area contributed by atoms with Crippen LogP contribution in [0.25, 0.3) is 124 Å². The molecule has 0 saturated heterocycles. The van der Waals surface area contributed by atoms with Gasteiger partial charge in [-0.15, -0.1) is 0 Å². The van der Waals surface area contributed by atoms with Crippen LogP contribution in [-0.2, 0) is 10.8 Å². The number of rotatable bonds is 8. The summed E-state index contributed by atoms with van der Waals surface area (Å²) in [5.41, 5.74) is 28.1. The first-order valence-electron chi connectivity index (χ1n) is 34.2. The molecule has 4 aliphatic rings. The lowest BCUT2D eigenvalue weighted by atomic mass is 9.68. The smallest absolute Gasteiger partial charge is 0.423 e. The van der Waals surface area contributed by atoms with Gasteiger partial charge in [-0.2, -0.15) is 0 Å². The van der Waals surface area contributed by atoms with E-state index >= 15 is 0 Å². The van der Waals surface area contributed by atoms with Crippen molar-refractivity contribution in [3.8, 4) is 124 Å². The van der Waals surface area contributed by atoms with E-state index in [0.29, 0.717) is 40.4 Å².